The SMILES string of the molecule is CCc1ccc(N[C@H](c2cccc(Cl)c2)c2nnc(-c3ccccc3)o2)cc1. The number of rotatable bonds is 6. The summed E-state index contributed by atoms with van der Waals surface area (Å²) in [5, 5.41) is 12.7. The van der Waals surface area contributed by atoms with Crippen LogP contribution in [0.25, 0.3) is 11.5 Å². The summed E-state index contributed by atoms with van der Waals surface area (Å²) in [6.07, 6.45) is 1.00. The molecule has 1 atom stereocenters. The van der Waals surface area contributed by atoms with Gasteiger partial charge in [0.2, 0.25) is 11.8 Å². The van der Waals surface area contributed by atoms with E-state index in [-0.39, 0.29) is 6.04 Å². The van der Waals surface area contributed by atoms with Gasteiger partial charge < -0.3 is 9.73 Å². The van der Waals surface area contributed by atoms with Gasteiger partial charge in [0.15, 0.2) is 0 Å². The van der Waals surface area contributed by atoms with Gasteiger partial charge in [0.25, 0.3) is 0 Å². The highest BCUT2D eigenvalue weighted by Crippen LogP contribution is 2.29. The van der Waals surface area contributed by atoms with Crippen molar-refractivity contribution in [1.82, 2.24) is 10.2 Å². The average molecular weight is 390 g/mol. The van der Waals surface area contributed by atoms with Crippen LogP contribution in [0.1, 0.15) is 30.0 Å². The van der Waals surface area contributed by atoms with Crippen LogP contribution in [0.4, 0.5) is 5.69 Å². The fraction of sp³-hybridized carbons (Fsp3) is 0.130. The molecule has 4 nitrogen and oxygen atoms in total. The summed E-state index contributed by atoms with van der Waals surface area (Å²) in [5.74, 6) is 0.978. The maximum absolute atomic E-state index is 6.23. The lowest BCUT2D eigenvalue weighted by atomic mass is 10.1. The standard InChI is InChI=1S/C23H20ClN3O/c1-2-16-11-13-20(14-12-16)25-21(18-9-6-10-19(24)15-18)23-27-26-22(28-23)17-7-4-3-5-8-17/h3-15,21,25H,2H2,1H3/t21-/m1/s1. The van der Waals surface area contributed by atoms with E-state index in [0.717, 1.165) is 23.2 Å². The summed E-state index contributed by atoms with van der Waals surface area (Å²) < 4.78 is 6.02. The molecular weight excluding hydrogens is 370 g/mol. The molecule has 0 saturated carbocycles. The highest BCUT2D eigenvalue weighted by Gasteiger charge is 2.22. The molecule has 0 spiro atoms. The molecule has 3 aromatic carbocycles. The van der Waals surface area contributed by atoms with E-state index >= 15 is 0 Å². The van der Waals surface area contributed by atoms with Crippen LogP contribution in [-0.2, 0) is 6.42 Å². The monoisotopic (exact) mass is 389 g/mol. The number of aromatic nitrogens is 2. The topological polar surface area (TPSA) is 51.0 Å². The van der Waals surface area contributed by atoms with Crippen molar-refractivity contribution >= 4 is 17.3 Å². The molecule has 0 radical (unpaired) electrons. The van der Waals surface area contributed by atoms with Gasteiger partial charge in [-0.2, -0.15) is 0 Å². The second-order valence-corrected chi connectivity index (χ2v) is 6.93. The van der Waals surface area contributed by atoms with E-state index in [1.54, 1.807) is 0 Å². The maximum atomic E-state index is 6.23. The lowest BCUT2D eigenvalue weighted by molar-refractivity contribution is 0.494. The van der Waals surface area contributed by atoms with Gasteiger partial charge in [0.1, 0.15) is 6.04 Å². The number of hydrogen-bond acceptors (Lipinski definition) is 4. The molecule has 1 heterocycles. The zero-order valence-corrected chi connectivity index (χ0v) is 16.2. The van der Waals surface area contributed by atoms with Crippen LogP contribution >= 0.6 is 11.6 Å². The van der Waals surface area contributed by atoms with Gasteiger partial charge in [-0.15, -0.1) is 10.2 Å². The quantitative estimate of drug-likeness (QED) is 0.429. The minimum atomic E-state index is -0.309. The van der Waals surface area contributed by atoms with Gasteiger partial charge in [-0.1, -0.05) is 61.0 Å². The van der Waals surface area contributed by atoms with Gasteiger partial charge in [0, 0.05) is 16.3 Å². The number of hydrogen-bond donors (Lipinski definition) is 1. The Hall–Kier alpha value is -3.11. The van der Waals surface area contributed by atoms with Gasteiger partial charge in [-0.05, 0) is 53.9 Å². The first-order chi connectivity index (χ1) is 13.7. The number of benzene rings is 3. The fourth-order valence-corrected chi connectivity index (χ4v) is 3.22. The first-order valence-corrected chi connectivity index (χ1v) is 9.60. The van der Waals surface area contributed by atoms with Crippen LogP contribution < -0.4 is 5.32 Å². The third-order valence-electron chi connectivity index (χ3n) is 4.56. The van der Waals surface area contributed by atoms with Gasteiger partial charge >= 0.3 is 0 Å². The highest BCUT2D eigenvalue weighted by molar-refractivity contribution is 6.30. The number of aryl methyl sites for hydroxylation is 1. The fourth-order valence-electron chi connectivity index (χ4n) is 3.03. The largest absolute Gasteiger partial charge is 0.418 e. The van der Waals surface area contributed by atoms with E-state index in [2.05, 4.69) is 46.7 Å². The Bertz CT molecular complexity index is 1040. The van der Waals surface area contributed by atoms with Crippen molar-refractivity contribution in [2.75, 3.05) is 5.32 Å². The minimum Gasteiger partial charge on any atom is -0.418 e. The van der Waals surface area contributed by atoms with Crippen molar-refractivity contribution in [2.45, 2.75) is 19.4 Å². The molecule has 0 bridgehead atoms. The summed E-state index contributed by atoms with van der Waals surface area (Å²) in [5.41, 5.74) is 4.10. The van der Waals surface area contributed by atoms with Crippen molar-refractivity contribution in [3.63, 3.8) is 0 Å². The summed E-state index contributed by atoms with van der Waals surface area (Å²) in [7, 11) is 0. The number of nitrogens with one attached hydrogen (secondary N) is 1. The van der Waals surface area contributed by atoms with E-state index in [4.69, 9.17) is 16.0 Å². The molecule has 0 unspecified atom stereocenters. The Morgan fingerprint density at radius 1 is 0.929 bits per heavy atom. The van der Waals surface area contributed by atoms with Crippen molar-refractivity contribution < 1.29 is 4.42 Å². The average Bonchev–Trinajstić information content (AvgIpc) is 3.23. The predicted octanol–water partition coefficient (Wildman–Crippen LogP) is 6.15. The molecule has 5 heteroatoms. The summed E-state index contributed by atoms with van der Waals surface area (Å²) in [6.45, 7) is 2.14. The minimum absolute atomic E-state index is 0.309. The van der Waals surface area contributed by atoms with Crippen LogP contribution in [0.2, 0.25) is 5.02 Å². The van der Waals surface area contributed by atoms with Crippen LogP contribution in [0, 0.1) is 0 Å². The maximum Gasteiger partial charge on any atom is 0.247 e. The Kier molecular flexibility index (Phi) is 5.40. The number of halogens is 1. The third-order valence-corrected chi connectivity index (χ3v) is 4.80. The predicted molar refractivity (Wildman–Crippen MR) is 112 cm³/mol. The molecule has 0 aliphatic carbocycles. The molecule has 0 aliphatic heterocycles. The molecule has 0 amide bonds. The lowest BCUT2D eigenvalue weighted by Crippen LogP contribution is -2.13. The molecule has 0 aliphatic rings. The zero-order chi connectivity index (χ0) is 19.3. The van der Waals surface area contributed by atoms with Gasteiger partial charge in [-0.25, -0.2) is 0 Å². The Balaban J connectivity index is 1.69. The Morgan fingerprint density at radius 2 is 1.71 bits per heavy atom. The second kappa shape index (κ2) is 8.28. The van der Waals surface area contributed by atoms with Gasteiger partial charge in [-0.3, -0.25) is 0 Å². The van der Waals surface area contributed by atoms with Crippen molar-refractivity contribution in [1.29, 1.82) is 0 Å². The Morgan fingerprint density at radius 3 is 2.43 bits per heavy atom. The normalized spacial score (nSPS) is 11.9. The first-order valence-electron chi connectivity index (χ1n) is 9.22. The summed E-state index contributed by atoms with van der Waals surface area (Å²) in [6, 6.07) is 25.4. The van der Waals surface area contributed by atoms with Crippen molar-refractivity contribution in [3.05, 3.63) is 101 Å². The summed E-state index contributed by atoms with van der Waals surface area (Å²) in [4.78, 5) is 0. The van der Waals surface area contributed by atoms with Crippen LogP contribution in [0.15, 0.2) is 83.3 Å². The summed E-state index contributed by atoms with van der Waals surface area (Å²) >= 11 is 6.23. The molecule has 0 fully saturated rings. The molecule has 1 N–H and O–H groups in total. The third kappa shape index (κ3) is 4.07. The van der Waals surface area contributed by atoms with E-state index in [1.807, 2.05) is 54.6 Å². The van der Waals surface area contributed by atoms with Crippen molar-refractivity contribution in [3.8, 4) is 11.5 Å². The van der Waals surface area contributed by atoms with Crippen LogP contribution in [0.3, 0.4) is 0 Å². The molecule has 140 valence electrons. The van der Waals surface area contributed by atoms with Gasteiger partial charge in [0.05, 0.1) is 0 Å². The van der Waals surface area contributed by atoms with Crippen molar-refractivity contribution in [2.24, 2.45) is 0 Å². The van der Waals surface area contributed by atoms with E-state index in [1.165, 1.54) is 5.56 Å². The highest BCUT2D eigenvalue weighted by atomic mass is 35.5. The lowest BCUT2D eigenvalue weighted by Gasteiger charge is -2.17. The Labute approximate surface area is 169 Å². The molecule has 28 heavy (non-hydrogen) atoms. The van der Waals surface area contributed by atoms with Crippen LogP contribution in [0.5, 0.6) is 0 Å². The smallest absolute Gasteiger partial charge is 0.247 e. The van der Waals surface area contributed by atoms with E-state index in [0.29, 0.717) is 16.8 Å². The van der Waals surface area contributed by atoms with Crippen LogP contribution in [-0.4, -0.2) is 10.2 Å². The number of nitrogens with zero attached hydrogens (tertiary/aromatic N) is 2. The van der Waals surface area contributed by atoms with E-state index < -0.39 is 0 Å². The molecule has 4 rings (SSSR count). The first kappa shape index (κ1) is 18.3. The molecule has 4 aromatic rings. The zero-order valence-electron chi connectivity index (χ0n) is 15.5. The van der Waals surface area contributed by atoms with E-state index in [9.17, 15) is 0 Å². The molecule has 1 aromatic heterocycles. The number of anilines is 1. The second-order valence-electron chi connectivity index (χ2n) is 6.49. The molecule has 0 saturated heterocycles. The molecular formula is C23H20ClN3O.